The van der Waals surface area contributed by atoms with E-state index in [4.69, 9.17) is 14.5 Å². The Morgan fingerprint density at radius 3 is 2.82 bits per heavy atom. The molecule has 1 aliphatic heterocycles. The lowest BCUT2D eigenvalue weighted by Gasteiger charge is -2.23. The van der Waals surface area contributed by atoms with Crippen LogP contribution in [0.5, 0.6) is 5.75 Å². The van der Waals surface area contributed by atoms with Crippen LogP contribution in [-0.4, -0.2) is 34.6 Å². The number of fused-ring (bicyclic) bond motifs is 1. The van der Waals surface area contributed by atoms with E-state index in [-0.39, 0.29) is 11.7 Å². The summed E-state index contributed by atoms with van der Waals surface area (Å²) in [6.45, 7) is 3.29. The van der Waals surface area contributed by atoms with Gasteiger partial charge in [-0.15, -0.1) is 0 Å². The normalized spacial score (nSPS) is 17.0. The molecule has 0 N–H and O–H groups in total. The van der Waals surface area contributed by atoms with Crippen molar-refractivity contribution in [1.29, 1.82) is 0 Å². The van der Waals surface area contributed by atoms with Gasteiger partial charge in [-0.2, -0.15) is 0 Å². The molecule has 0 spiro atoms. The predicted molar refractivity (Wildman–Crippen MR) is 113 cm³/mol. The van der Waals surface area contributed by atoms with Gasteiger partial charge in [0.05, 0.1) is 29.3 Å². The van der Waals surface area contributed by atoms with E-state index in [9.17, 15) is 4.79 Å². The quantitative estimate of drug-likeness (QED) is 0.455. The van der Waals surface area contributed by atoms with Gasteiger partial charge in [0.1, 0.15) is 5.75 Å². The topological polar surface area (TPSA) is 53.4 Å². The van der Waals surface area contributed by atoms with Crippen LogP contribution in [0.15, 0.2) is 58.5 Å². The third-order valence-corrected chi connectivity index (χ3v) is 5.89. The number of hydrogen-bond donors (Lipinski definition) is 0. The molecule has 2 aromatic carbocycles. The highest BCUT2D eigenvalue weighted by Gasteiger charge is 2.19. The SMILES string of the molecule is CCOc1ccccc1-n1c(SC[C@@H]2CCCCO2)nc2ccccc2c1=O. The number of benzene rings is 2. The molecule has 0 saturated carbocycles. The van der Waals surface area contributed by atoms with Gasteiger partial charge in [-0.05, 0) is 50.5 Å². The number of ether oxygens (including phenoxy) is 2. The zero-order valence-electron chi connectivity index (χ0n) is 16.0. The summed E-state index contributed by atoms with van der Waals surface area (Å²) >= 11 is 1.58. The number of rotatable bonds is 6. The van der Waals surface area contributed by atoms with Crippen LogP contribution in [0.2, 0.25) is 0 Å². The first-order valence-electron chi connectivity index (χ1n) is 9.76. The summed E-state index contributed by atoms with van der Waals surface area (Å²) in [7, 11) is 0. The van der Waals surface area contributed by atoms with Crippen LogP contribution in [0.25, 0.3) is 16.6 Å². The van der Waals surface area contributed by atoms with Gasteiger partial charge in [0, 0.05) is 12.4 Å². The lowest BCUT2D eigenvalue weighted by Crippen LogP contribution is -2.25. The number of thioether (sulfide) groups is 1. The maximum atomic E-state index is 13.4. The first-order chi connectivity index (χ1) is 13.8. The van der Waals surface area contributed by atoms with Crippen molar-refractivity contribution in [2.75, 3.05) is 19.0 Å². The van der Waals surface area contributed by atoms with Gasteiger partial charge in [-0.1, -0.05) is 36.0 Å². The molecule has 4 rings (SSSR count). The zero-order chi connectivity index (χ0) is 19.3. The van der Waals surface area contributed by atoms with E-state index >= 15 is 0 Å². The Morgan fingerprint density at radius 2 is 2.00 bits per heavy atom. The van der Waals surface area contributed by atoms with Gasteiger partial charge < -0.3 is 9.47 Å². The van der Waals surface area contributed by atoms with Crippen LogP contribution in [-0.2, 0) is 4.74 Å². The van der Waals surface area contributed by atoms with E-state index in [1.54, 1.807) is 16.3 Å². The Balaban J connectivity index is 1.81. The minimum absolute atomic E-state index is 0.0789. The van der Waals surface area contributed by atoms with Crippen LogP contribution >= 0.6 is 11.8 Å². The molecule has 0 aliphatic carbocycles. The van der Waals surface area contributed by atoms with E-state index in [1.807, 2.05) is 55.5 Å². The van der Waals surface area contributed by atoms with E-state index in [2.05, 4.69) is 0 Å². The molecule has 1 saturated heterocycles. The van der Waals surface area contributed by atoms with E-state index in [1.165, 1.54) is 6.42 Å². The van der Waals surface area contributed by atoms with E-state index in [0.29, 0.717) is 28.4 Å². The number of nitrogens with zero attached hydrogens (tertiary/aromatic N) is 2. The first kappa shape index (κ1) is 19.0. The molecule has 1 aliphatic rings. The van der Waals surface area contributed by atoms with Crippen molar-refractivity contribution < 1.29 is 9.47 Å². The summed E-state index contributed by atoms with van der Waals surface area (Å²) in [6.07, 6.45) is 3.58. The fraction of sp³-hybridized carbons (Fsp3) is 0.364. The monoisotopic (exact) mass is 396 g/mol. The van der Waals surface area contributed by atoms with Crippen LogP contribution in [0.4, 0.5) is 0 Å². The van der Waals surface area contributed by atoms with Crippen molar-refractivity contribution >= 4 is 22.7 Å². The molecule has 1 atom stereocenters. The zero-order valence-corrected chi connectivity index (χ0v) is 16.8. The highest BCUT2D eigenvalue weighted by molar-refractivity contribution is 7.99. The molecule has 0 amide bonds. The maximum Gasteiger partial charge on any atom is 0.266 e. The third kappa shape index (κ3) is 3.93. The van der Waals surface area contributed by atoms with E-state index in [0.717, 1.165) is 30.9 Å². The molecule has 0 radical (unpaired) electrons. The summed E-state index contributed by atoms with van der Waals surface area (Å²) in [4.78, 5) is 18.2. The Morgan fingerprint density at radius 1 is 1.18 bits per heavy atom. The van der Waals surface area contributed by atoms with Crippen molar-refractivity contribution in [2.45, 2.75) is 37.4 Å². The van der Waals surface area contributed by atoms with Crippen LogP contribution in [0, 0.1) is 0 Å². The Kier molecular flexibility index (Phi) is 5.98. The third-order valence-electron chi connectivity index (χ3n) is 4.82. The molecule has 2 heterocycles. The Hall–Kier alpha value is -2.31. The number of para-hydroxylation sites is 3. The average molecular weight is 397 g/mol. The highest BCUT2D eigenvalue weighted by atomic mass is 32.2. The second-order valence-electron chi connectivity index (χ2n) is 6.75. The van der Waals surface area contributed by atoms with Crippen molar-refractivity contribution in [2.24, 2.45) is 0 Å². The molecular weight excluding hydrogens is 372 g/mol. The fourth-order valence-electron chi connectivity index (χ4n) is 3.45. The lowest BCUT2D eigenvalue weighted by atomic mass is 10.1. The molecule has 1 aromatic heterocycles. The van der Waals surface area contributed by atoms with Gasteiger partial charge >= 0.3 is 0 Å². The molecule has 3 aromatic rings. The van der Waals surface area contributed by atoms with Crippen molar-refractivity contribution in [3.8, 4) is 11.4 Å². The van der Waals surface area contributed by atoms with Crippen molar-refractivity contribution in [3.63, 3.8) is 0 Å². The summed E-state index contributed by atoms with van der Waals surface area (Å²) in [6, 6.07) is 15.1. The van der Waals surface area contributed by atoms with Crippen molar-refractivity contribution in [3.05, 3.63) is 58.9 Å². The van der Waals surface area contributed by atoms with Crippen molar-refractivity contribution in [1.82, 2.24) is 9.55 Å². The van der Waals surface area contributed by atoms with Crippen LogP contribution < -0.4 is 10.3 Å². The standard InChI is InChI=1S/C22H24N2O3S/c1-2-26-20-13-6-5-12-19(20)24-21(25)17-10-3-4-11-18(17)23-22(24)28-15-16-9-7-8-14-27-16/h3-6,10-13,16H,2,7-9,14-15H2,1H3/t16-/m0/s1. The van der Waals surface area contributed by atoms with Crippen LogP contribution in [0.3, 0.4) is 0 Å². The molecule has 1 fully saturated rings. The molecule has 28 heavy (non-hydrogen) atoms. The molecule has 0 bridgehead atoms. The van der Waals surface area contributed by atoms with E-state index < -0.39 is 0 Å². The lowest BCUT2D eigenvalue weighted by molar-refractivity contribution is 0.0315. The highest BCUT2D eigenvalue weighted by Crippen LogP contribution is 2.29. The largest absolute Gasteiger partial charge is 0.492 e. The molecule has 6 heteroatoms. The Labute approximate surface area is 168 Å². The van der Waals surface area contributed by atoms with Crippen LogP contribution in [0.1, 0.15) is 26.2 Å². The molecule has 5 nitrogen and oxygen atoms in total. The molecule has 0 unspecified atom stereocenters. The van der Waals surface area contributed by atoms with Gasteiger partial charge in [-0.25, -0.2) is 4.98 Å². The fourth-order valence-corrected chi connectivity index (χ4v) is 4.52. The molecule has 146 valence electrons. The van der Waals surface area contributed by atoms with Gasteiger partial charge in [0.2, 0.25) is 0 Å². The first-order valence-corrected chi connectivity index (χ1v) is 10.7. The summed E-state index contributed by atoms with van der Waals surface area (Å²) < 4.78 is 13.3. The van der Waals surface area contributed by atoms with Gasteiger partial charge in [0.15, 0.2) is 5.16 Å². The smallest absolute Gasteiger partial charge is 0.266 e. The Bertz CT molecular complexity index is 1010. The summed E-state index contributed by atoms with van der Waals surface area (Å²) in [5.41, 5.74) is 1.36. The second-order valence-corrected chi connectivity index (χ2v) is 7.74. The summed E-state index contributed by atoms with van der Waals surface area (Å²) in [5.74, 6) is 1.46. The minimum atomic E-state index is -0.0789. The predicted octanol–water partition coefficient (Wildman–Crippen LogP) is 4.45. The second kappa shape index (κ2) is 8.80. The number of hydrogen-bond acceptors (Lipinski definition) is 5. The summed E-state index contributed by atoms with van der Waals surface area (Å²) in [5, 5.41) is 1.28. The maximum absolute atomic E-state index is 13.4. The molecular formula is C22H24N2O3S. The number of aromatic nitrogens is 2. The van der Waals surface area contributed by atoms with Gasteiger partial charge in [0.25, 0.3) is 5.56 Å². The minimum Gasteiger partial charge on any atom is -0.492 e. The average Bonchev–Trinajstić information content (AvgIpc) is 2.74. The van der Waals surface area contributed by atoms with Gasteiger partial charge in [-0.3, -0.25) is 9.36 Å².